The number of rotatable bonds is 6. The summed E-state index contributed by atoms with van der Waals surface area (Å²) in [6.07, 6.45) is 6.19. The average Bonchev–Trinajstić information content (AvgIpc) is 3.18. The first kappa shape index (κ1) is 20.5. The maximum Gasteiger partial charge on any atom is 0.165 e. The molecule has 0 unspecified atom stereocenters. The molecule has 0 saturated carbocycles. The second kappa shape index (κ2) is 9.01. The van der Waals surface area contributed by atoms with E-state index in [1.807, 2.05) is 6.07 Å². The molecule has 5 rings (SSSR count). The molecule has 3 aromatic rings. The summed E-state index contributed by atoms with van der Waals surface area (Å²) < 4.78 is 2.26. The normalized spacial score (nSPS) is 17.2. The molecule has 0 aliphatic carbocycles. The Bertz CT molecular complexity index is 1060. The molecule has 1 N–H and O–H groups in total. The van der Waals surface area contributed by atoms with E-state index in [0.717, 1.165) is 86.5 Å². The molecular formula is C23H30ClN7. The summed E-state index contributed by atoms with van der Waals surface area (Å²) in [4.78, 5) is 18.8. The second-order valence-electron chi connectivity index (χ2n) is 8.57. The van der Waals surface area contributed by atoms with Crippen molar-refractivity contribution in [2.24, 2.45) is 0 Å². The zero-order valence-electron chi connectivity index (χ0n) is 18.1. The third kappa shape index (κ3) is 4.34. The predicted molar refractivity (Wildman–Crippen MR) is 126 cm³/mol. The van der Waals surface area contributed by atoms with Gasteiger partial charge in [-0.1, -0.05) is 17.7 Å². The molecule has 31 heavy (non-hydrogen) atoms. The van der Waals surface area contributed by atoms with E-state index in [0.29, 0.717) is 0 Å². The van der Waals surface area contributed by atoms with Crippen molar-refractivity contribution in [2.45, 2.75) is 39.2 Å². The maximum absolute atomic E-state index is 6.21. The third-order valence-corrected chi connectivity index (χ3v) is 6.71. The summed E-state index contributed by atoms with van der Waals surface area (Å²) in [6, 6.07) is 6.16. The zero-order chi connectivity index (χ0) is 21.2. The topological polar surface area (TPSA) is 62.1 Å². The van der Waals surface area contributed by atoms with Crippen molar-refractivity contribution in [3.8, 4) is 0 Å². The number of hydrogen-bond acceptors (Lipinski definition) is 6. The molecule has 0 spiro atoms. The Balaban J connectivity index is 1.12. The van der Waals surface area contributed by atoms with Crippen LogP contribution in [0.2, 0.25) is 5.02 Å². The van der Waals surface area contributed by atoms with Crippen LogP contribution in [0.25, 0.3) is 11.2 Å². The number of aromatic nitrogens is 4. The van der Waals surface area contributed by atoms with Gasteiger partial charge in [-0.05, 0) is 50.4 Å². The lowest BCUT2D eigenvalue weighted by Crippen LogP contribution is -2.47. The molecule has 8 heteroatoms. The van der Waals surface area contributed by atoms with Crippen LogP contribution in [0, 0.1) is 6.92 Å². The van der Waals surface area contributed by atoms with Crippen LogP contribution in [-0.4, -0.2) is 63.7 Å². The van der Waals surface area contributed by atoms with Crippen LogP contribution in [0.3, 0.4) is 0 Å². The van der Waals surface area contributed by atoms with Crippen LogP contribution >= 0.6 is 11.6 Å². The van der Waals surface area contributed by atoms with Gasteiger partial charge >= 0.3 is 0 Å². The van der Waals surface area contributed by atoms with Crippen LogP contribution in [-0.2, 0) is 13.0 Å². The van der Waals surface area contributed by atoms with E-state index >= 15 is 0 Å². The van der Waals surface area contributed by atoms with Crippen molar-refractivity contribution in [3.63, 3.8) is 0 Å². The molecular weight excluding hydrogens is 410 g/mol. The Hall–Kier alpha value is -2.38. The molecule has 4 heterocycles. The van der Waals surface area contributed by atoms with Gasteiger partial charge in [0.25, 0.3) is 0 Å². The molecule has 1 aromatic carbocycles. The second-order valence-corrected chi connectivity index (χ2v) is 9.01. The molecule has 1 saturated heterocycles. The van der Waals surface area contributed by atoms with Gasteiger partial charge in [-0.25, -0.2) is 15.0 Å². The lowest BCUT2D eigenvalue weighted by Gasteiger charge is -2.37. The fourth-order valence-corrected chi connectivity index (χ4v) is 4.90. The highest BCUT2D eigenvalue weighted by atomic mass is 35.5. The number of nitrogens with one attached hydrogen (secondary N) is 1. The van der Waals surface area contributed by atoms with Gasteiger partial charge in [0.05, 0.1) is 0 Å². The van der Waals surface area contributed by atoms with Gasteiger partial charge in [0.15, 0.2) is 17.0 Å². The molecule has 2 aliphatic heterocycles. The van der Waals surface area contributed by atoms with E-state index in [-0.39, 0.29) is 0 Å². The highest BCUT2D eigenvalue weighted by molar-refractivity contribution is 6.30. The number of halogens is 1. The Kier molecular flexibility index (Phi) is 5.96. The SMILES string of the molecule is Cc1ccc(Cl)cc1N1CCN(CCCNc2ncnc3c2nc2n3CCCC2)CC1. The first-order chi connectivity index (χ1) is 15.2. The Morgan fingerprint density at radius 2 is 1.94 bits per heavy atom. The zero-order valence-corrected chi connectivity index (χ0v) is 18.9. The number of nitrogens with zero attached hydrogens (tertiary/aromatic N) is 6. The van der Waals surface area contributed by atoms with E-state index in [1.165, 1.54) is 24.1 Å². The highest BCUT2D eigenvalue weighted by Gasteiger charge is 2.20. The smallest absolute Gasteiger partial charge is 0.165 e. The Morgan fingerprint density at radius 3 is 2.81 bits per heavy atom. The van der Waals surface area contributed by atoms with Crippen LogP contribution in [0.15, 0.2) is 24.5 Å². The van der Waals surface area contributed by atoms with E-state index in [9.17, 15) is 0 Å². The van der Waals surface area contributed by atoms with Gasteiger partial charge in [0.1, 0.15) is 12.2 Å². The van der Waals surface area contributed by atoms with Crippen molar-refractivity contribution >= 4 is 34.3 Å². The summed E-state index contributed by atoms with van der Waals surface area (Å²) in [5.41, 5.74) is 4.45. The van der Waals surface area contributed by atoms with Crippen molar-refractivity contribution < 1.29 is 0 Å². The molecule has 0 atom stereocenters. The number of benzene rings is 1. The minimum atomic E-state index is 0.812. The standard InChI is InChI=1S/C23H30ClN7/c1-17-6-7-18(24)15-19(17)30-13-11-29(12-14-30)9-4-8-25-22-21-23(27-16-26-22)31-10-3-2-5-20(31)28-21/h6-7,15-16H,2-5,8-14H2,1H3,(H,25,26,27). The monoisotopic (exact) mass is 439 g/mol. The molecule has 164 valence electrons. The summed E-state index contributed by atoms with van der Waals surface area (Å²) >= 11 is 6.21. The minimum Gasteiger partial charge on any atom is -0.369 e. The third-order valence-electron chi connectivity index (χ3n) is 6.47. The van der Waals surface area contributed by atoms with Crippen LogP contribution < -0.4 is 10.2 Å². The summed E-state index contributed by atoms with van der Waals surface area (Å²) in [6.45, 7) is 9.40. The lowest BCUT2D eigenvalue weighted by atomic mass is 10.1. The van der Waals surface area contributed by atoms with Crippen molar-refractivity contribution in [3.05, 3.63) is 40.9 Å². The number of hydrogen-bond donors (Lipinski definition) is 1. The minimum absolute atomic E-state index is 0.812. The number of piperazine rings is 1. The molecule has 0 radical (unpaired) electrons. The summed E-state index contributed by atoms with van der Waals surface area (Å²) in [5.74, 6) is 2.02. The summed E-state index contributed by atoms with van der Waals surface area (Å²) in [7, 11) is 0. The van der Waals surface area contributed by atoms with Gasteiger partial charge in [-0.2, -0.15) is 0 Å². The Morgan fingerprint density at radius 1 is 1.06 bits per heavy atom. The van der Waals surface area contributed by atoms with Crippen LogP contribution in [0.1, 0.15) is 30.7 Å². The largest absolute Gasteiger partial charge is 0.369 e. The molecule has 0 amide bonds. The fraction of sp³-hybridized carbons (Fsp3) is 0.522. The highest BCUT2D eigenvalue weighted by Crippen LogP contribution is 2.26. The molecule has 2 aromatic heterocycles. The van der Waals surface area contributed by atoms with Gasteiger partial charge < -0.3 is 14.8 Å². The molecule has 1 fully saturated rings. The van der Waals surface area contributed by atoms with Crippen LogP contribution in [0.5, 0.6) is 0 Å². The number of aryl methyl sites for hydroxylation is 3. The van der Waals surface area contributed by atoms with E-state index in [2.05, 4.69) is 48.7 Å². The summed E-state index contributed by atoms with van der Waals surface area (Å²) in [5, 5.41) is 4.32. The molecule has 2 aliphatic rings. The number of imidazole rings is 1. The van der Waals surface area contributed by atoms with Crippen molar-refractivity contribution in [1.29, 1.82) is 0 Å². The van der Waals surface area contributed by atoms with E-state index < -0.39 is 0 Å². The van der Waals surface area contributed by atoms with Gasteiger partial charge in [-0.3, -0.25) is 4.90 Å². The predicted octanol–water partition coefficient (Wildman–Crippen LogP) is 3.75. The van der Waals surface area contributed by atoms with Crippen LogP contribution in [0.4, 0.5) is 11.5 Å². The lowest BCUT2D eigenvalue weighted by molar-refractivity contribution is 0.257. The van der Waals surface area contributed by atoms with Crippen molar-refractivity contribution in [1.82, 2.24) is 24.4 Å². The quantitative estimate of drug-likeness (QED) is 0.590. The number of fused-ring (bicyclic) bond motifs is 3. The van der Waals surface area contributed by atoms with Gasteiger partial charge in [0.2, 0.25) is 0 Å². The Labute approximate surface area is 188 Å². The number of anilines is 2. The van der Waals surface area contributed by atoms with E-state index in [1.54, 1.807) is 6.33 Å². The molecule has 7 nitrogen and oxygen atoms in total. The maximum atomic E-state index is 6.21. The first-order valence-electron chi connectivity index (χ1n) is 11.4. The van der Waals surface area contributed by atoms with Gasteiger partial charge in [0, 0.05) is 56.4 Å². The van der Waals surface area contributed by atoms with Gasteiger partial charge in [-0.15, -0.1) is 0 Å². The van der Waals surface area contributed by atoms with Crippen molar-refractivity contribution in [2.75, 3.05) is 49.5 Å². The first-order valence-corrected chi connectivity index (χ1v) is 11.7. The van der Waals surface area contributed by atoms with E-state index in [4.69, 9.17) is 16.6 Å². The average molecular weight is 440 g/mol. The fourth-order valence-electron chi connectivity index (χ4n) is 4.73. The molecule has 0 bridgehead atoms.